The van der Waals surface area contributed by atoms with Gasteiger partial charge in [-0.05, 0) is 79.8 Å². The molecule has 0 radical (unpaired) electrons. The van der Waals surface area contributed by atoms with Crippen LogP contribution >= 0.6 is 0 Å². The van der Waals surface area contributed by atoms with Gasteiger partial charge >= 0.3 is 0 Å². The van der Waals surface area contributed by atoms with Gasteiger partial charge in [0, 0.05) is 74.2 Å². The lowest BCUT2D eigenvalue weighted by Crippen LogP contribution is -2.35. The van der Waals surface area contributed by atoms with Crippen LogP contribution in [-0.4, -0.2) is 59.8 Å². The standard InChI is InChI=1S/C35H40N6O3/c1-25-30(7-6-8-31(25)38-34(42)27-11-15-29(16-12-27)41-17-4-3-5-18-41)32-24-39(2)35(43)33(37-32)36-28-13-9-26(10-14-28)23-40-19-21-44-22-20-40/h6-16,24H,3-5,17-23H2,1-2H3,(H,36,37)(H,38,42). The largest absolute Gasteiger partial charge is 0.379 e. The molecule has 9 heteroatoms. The first kappa shape index (κ1) is 29.6. The average Bonchev–Trinajstić information content (AvgIpc) is 3.06. The topological polar surface area (TPSA) is 91.7 Å². The average molecular weight is 593 g/mol. The highest BCUT2D eigenvalue weighted by Gasteiger charge is 2.16. The van der Waals surface area contributed by atoms with Gasteiger partial charge in [-0.15, -0.1) is 0 Å². The van der Waals surface area contributed by atoms with E-state index in [4.69, 9.17) is 9.72 Å². The van der Waals surface area contributed by atoms with E-state index in [1.807, 2.05) is 61.5 Å². The Morgan fingerprint density at radius 3 is 2.36 bits per heavy atom. The molecule has 2 fully saturated rings. The molecule has 4 aromatic rings. The van der Waals surface area contributed by atoms with Gasteiger partial charge in [-0.3, -0.25) is 14.5 Å². The molecule has 1 amide bonds. The molecule has 44 heavy (non-hydrogen) atoms. The van der Waals surface area contributed by atoms with Gasteiger partial charge in [0.15, 0.2) is 5.82 Å². The zero-order valence-corrected chi connectivity index (χ0v) is 25.5. The number of aromatic nitrogens is 2. The number of amides is 1. The van der Waals surface area contributed by atoms with Gasteiger partial charge in [0.1, 0.15) is 0 Å². The van der Waals surface area contributed by atoms with E-state index < -0.39 is 0 Å². The summed E-state index contributed by atoms with van der Waals surface area (Å²) in [6.07, 6.45) is 5.43. The van der Waals surface area contributed by atoms with Crippen molar-refractivity contribution in [3.05, 3.63) is 100.0 Å². The smallest absolute Gasteiger partial charge is 0.293 e. The highest BCUT2D eigenvalue weighted by Crippen LogP contribution is 2.29. The van der Waals surface area contributed by atoms with E-state index >= 15 is 0 Å². The van der Waals surface area contributed by atoms with E-state index in [2.05, 4.69) is 32.6 Å². The van der Waals surface area contributed by atoms with Crippen LogP contribution in [0.25, 0.3) is 11.3 Å². The summed E-state index contributed by atoms with van der Waals surface area (Å²) in [4.78, 5) is 35.7. The lowest BCUT2D eigenvalue weighted by atomic mass is 10.0. The summed E-state index contributed by atoms with van der Waals surface area (Å²) in [6.45, 7) is 8.36. The van der Waals surface area contributed by atoms with E-state index in [1.165, 1.54) is 29.4 Å². The van der Waals surface area contributed by atoms with E-state index in [0.717, 1.165) is 68.4 Å². The first-order valence-corrected chi connectivity index (χ1v) is 15.4. The summed E-state index contributed by atoms with van der Waals surface area (Å²) in [5.74, 6) is 0.0804. The Bertz CT molecular complexity index is 1650. The predicted molar refractivity (Wildman–Crippen MR) is 176 cm³/mol. The van der Waals surface area contributed by atoms with Crippen molar-refractivity contribution in [3.8, 4) is 11.3 Å². The van der Waals surface area contributed by atoms with Crippen molar-refractivity contribution in [2.45, 2.75) is 32.7 Å². The Morgan fingerprint density at radius 2 is 1.64 bits per heavy atom. The highest BCUT2D eigenvalue weighted by atomic mass is 16.5. The van der Waals surface area contributed by atoms with Crippen LogP contribution < -0.4 is 21.1 Å². The molecule has 3 heterocycles. The quantitative estimate of drug-likeness (QED) is 0.276. The van der Waals surface area contributed by atoms with Crippen molar-refractivity contribution in [1.29, 1.82) is 0 Å². The molecule has 0 unspecified atom stereocenters. The van der Waals surface area contributed by atoms with Crippen LogP contribution in [0.15, 0.2) is 77.7 Å². The Balaban J connectivity index is 1.17. The number of nitrogens with zero attached hydrogens (tertiary/aromatic N) is 4. The maximum absolute atomic E-state index is 13.2. The Kier molecular flexibility index (Phi) is 9.04. The highest BCUT2D eigenvalue weighted by molar-refractivity contribution is 6.05. The first-order chi connectivity index (χ1) is 21.4. The SMILES string of the molecule is Cc1c(NC(=O)c2ccc(N3CCCCC3)cc2)cccc1-c1cn(C)c(=O)c(Nc2ccc(CN3CCOCC3)cc2)n1. The maximum atomic E-state index is 13.2. The molecule has 6 rings (SSSR count). The van der Waals surface area contributed by atoms with Gasteiger partial charge in [0.2, 0.25) is 0 Å². The number of hydrogen-bond donors (Lipinski definition) is 2. The van der Waals surface area contributed by atoms with Crippen LogP contribution in [0.4, 0.5) is 22.9 Å². The molecule has 1 aromatic heterocycles. The van der Waals surface area contributed by atoms with Gasteiger partial charge in [0.05, 0.1) is 18.9 Å². The van der Waals surface area contributed by atoms with Crippen LogP contribution in [0.2, 0.25) is 0 Å². The van der Waals surface area contributed by atoms with Crippen LogP contribution in [0.5, 0.6) is 0 Å². The number of nitrogens with one attached hydrogen (secondary N) is 2. The minimum Gasteiger partial charge on any atom is -0.379 e. The summed E-state index contributed by atoms with van der Waals surface area (Å²) in [5, 5.41) is 6.29. The second-order valence-corrected chi connectivity index (χ2v) is 11.6. The molecule has 228 valence electrons. The number of piperidine rings is 1. The number of carbonyl (C=O) groups excluding carboxylic acids is 1. The fourth-order valence-electron chi connectivity index (χ4n) is 5.88. The third-order valence-electron chi connectivity index (χ3n) is 8.51. The molecule has 0 spiro atoms. The van der Waals surface area contributed by atoms with E-state index in [0.29, 0.717) is 16.9 Å². The van der Waals surface area contributed by atoms with Crippen molar-refractivity contribution in [3.63, 3.8) is 0 Å². The second-order valence-electron chi connectivity index (χ2n) is 11.6. The molecule has 2 saturated heterocycles. The minimum absolute atomic E-state index is 0.164. The van der Waals surface area contributed by atoms with E-state index in [-0.39, 0.29) is 17.3 Å². The second kappa shape index (κ2) is 13.4. The van der Waals surface area contributed by atoms with Gasteiger partial charge < -0.3 is 24.8 Å². The Hall–Kier alpha value is -4.47. The van der Waals surface area contributed by atoms with Crippen LogP contribution in [0, 0.1) is 6.92 Å². The number of morpholine rings is 1. The van der Waals surface area contributed by atoms with Gasteiger partial charge in [-0.25, -0.2) is 4.98 Å². The molecule has 0 saturated carbocycles. The third kappa shape index (κ3) is 6.85. The summed E-state index contributed by atoms with van der Waals surface area (Å²) in [5.41, 5.74) is 6.60. The molecular weight excluding hydrogens is 552 g/mol. The number of carbonyl (C=O) groups is 1. The third-order valence-corrected chi connectivity index (χ3v) is 8.51. The summed E-state index contributed by atoms with van der Waals surface area (Å²) in [7, 11) is 1.72. The number of rotatable bonds is 8. The Morgan fingerprint density at radius 1 is 0.909 bits per heavy atom. The molecule has 2 aliphatic rings. The molecule has 0 aliphatic carbocycles. The van der Waals surface area contributed by atoms with Crippen molar-refractivity contribution >= 4 is 28.8 Å². The number of benzene rings is 3. The number of hydrogen-bond acceptors (Lipinski definition) is 7. The number of ether oxygens (including phenoxy) is 1. The summed E-state index contributed by atoms with van der Waals surface area (Å²) in [6, 6.07) is 21.7. The van der Waals surface area contributed by atoms with E-state index in [1.54, 1.807) is 13.2 Å². The Labute approximate surface area is 258 Å². The normalized spacial score (nSPS) is 15.6. The van der Waals surface area contributed by atoms with Crippen molar-refractivity contribution < 1.29 is 9.53 Å². The summed E-state index contributed by atoms with van der Waals surface area (Å²) < 4.78 is 6.98. The predicted octanol–water partition coefficient (Wildman–Crippen LogP) is 5.57. The number of anilines is 4. The van der Waals surface area contributed by atoms with Crippen molar-refractivity contribution in [2.24, 2.45) is 7.05 Å². The number of aryl methyl sites for hydroxylation is 1. The minimum atomic E-state index is -0.221. The molecular formula is C35H40N6O3. The molecule has 0 atom stereocenters. The zero-order valence-electron chi connectivity index (χ0n) is 25.5. The molecule has 3 aromatic carbocycles. The first-order valence-electron chi connectivity index (χ1n) is 15.4. The lowest BCUT2D eigenvalue weighted by Gasteiger charge is -2.28. The fourth-order valence-corrected chi connectivity index (χ4v) is 5.88. The maximum Gasteiger partial charge on any atom is 0.293 e. The zero-order chi connectivity index (χ0) is 30.5. The van der Waals surface area contributed by atoms with Gasteiger partial charge in [-0.1, -0.05) is 24.3 Å². The van der Waals surface area contributed by atoms with Crippen LogP contribution in [0.3, 0.4) is 0 Å². The van der Waals surface area contributed by atoms with Crippen LogP contribution in [0.1, 0.15) is 40.7 Å². The van der Waals surface area contributed by atoms with Crippen molar-refractivity contribution in [1.82, 2.24) is 14.5 Å². The van der Waals surface area contributed by atoms with E-state index in [9.17, 15) is 9.59 Å². The monoisotopic (exact) mass is 592 g/mol. The summed E-state index contributed by atoms with van der Waals surface area (Å²) >= 11 is 0. The molecule has 2 N–H and O–H groups in total. The van der Waals surface area contributed by atoms with Crippen LogP contribution in [-0.2, 0) is 18.3 Å². The molecule has 0 bridgehead atoms. The van der Waals surface area contributed by atoms with Gasteiger partial charge in [0.25, 0.3) is 11.5 Å². The van der Waals surface area contributed by atoms with Crippen molar-refractivity contribution in [2.75, 3.05) is 54.9 Å². The van der Waals surface area contributed by atoms with Gasteiger partial charge in [-0.2, -0.15) is 0 Å². The fraction of sp³-hybridized carbons (Fsp3) is 0.343. The lowest BCUT2D eigenvalue weighted by molar-refractivity contribution is 0.0342. The molecule has 9 nitrogen and oxygen atoms in total. The molecule has 2 aliphatic heterocycles.